The van der Waals surface area contributed by atoms with Gasteiger partial charge in [0.05, 0.1) is 17.5 Å². The van der Waals surface area contributed by atoms with Gasteiger partial charge in [-0.15, -0.1) is 0 Å². The summed E-state index contributed by atoms with van der Waals surface area (Å²) in [5.41, 5.74) is 2.11. The molecule has 1 aromatic carbocycles. The Morgan fingerprint density at radius 3 is 2.72 bits per heavy atom. The second-order valence-electron chi connectivity index (χ2n) is 5.71. The molecule has 7 nitrogen and oxygen atoms in total. The maximum Gasteiger partial charge on any atom is 0.305 e. The number of aryl methyl sites for hydroxylation is 2. The first-order valence-corrected chi connectivity index (χ1v) is 7.85. The summed E-state index contributed by atoms with van der Waals surface area (Å²) >= 11 is 0. The van der Waals surface area contributed by atoms with Gasteiger partial charge in [0.25, 0.3) is 5.91 Å². The predicted molar refractivity (Wildman–Crippen MR) is 93.6 cm³/mol. The second kappa shape index (κ2) is 6.72. The van der Waals surface area contributed by atoms with Gasteiger partial charge < -0.3 is 9.67 Å². The van der Waals surface area contributed by atoms with Crippen molar-refractivity contribution in [1.82, 2.24) is 14.5 Å². The summed E-state index contributed by atoms with van der Waals surface area (Å²) in [7, 11) is 1.92. The minimum absolute atomic E-state index is 0.0461. The average Bonchev–Trinajstić information content (AvgIpc) is 2.89. The molecule has 0 aliphatic carbocycles. The SMILES string of the molecule is Cc1nc2cc(C(=O)N(CCC(=O)O)c3ccccn3)ccc2n1C. The smallest absolute Gasteiger partial charge is 0.305 e. The lowest BCUT2D eigenvalue weighted by molar-refractivity contribution is -0.136. The Labute approximate surface area is 144 Å². The van der Waals surface area contributed by atoms with Gasteiger partial charge in [-0.2, -0.15) is 0 Å². The molecule has 7 heteroatoms. The van der Waals surface area contributed by atoms with Gasteiger partial charge in [-0.3, -0.25) is 14.5 Å². The number of aromatic nitrogens is 3. The van der Waals surface area contributed by atoms with Gasteiger partial charge in [-0.25, -0.2) is 9.97 Å². The molecule has 0 aliphatic rings. The van der Waals surface area contributed by atoms with Crippen LogP contribution in [0.2, 0.25) is 0 Å². The van der Waals surface area contributed by atoms with E-state index in [4.69, 9.17) is 5.11 Å². The van der Waals surface area contributed by atoms with E-state index in [9.17, 15) is 9.59 Å². The molecule has 0 radical (unpaired) electrons. The third-order valence-corrected chi connectivity index (χ3v) is 4.07. The maximum atomic E-state index is 13.0. The van der Waals surface area contributed by atoms with E-state index < -0.39 is 5.97 Å². The first-order valence-electron chi connectivity index (χ1n) is 7.85. The Bertz CT molecular complexity index is 934. The Balaban J connectivity index is 1.97. The van der Waals surface area contributed by atoms with Crippen LogP contribution < -0.4 is 4.90 Å². The Hall–Kier alpha value is -3.22. The third kappa shape index (κ3) is 3.35. The Kier molecular flexibility index (Phi) is 4.47. The predicted octanol–water partition coefficient (Wildman–Crippen LogP) is 2.40. The van der Waals surface area contributed by atoms with Gasteiger partial charge >= 0.3 is 5.97 Å². The van der Waals surface area contributed by atoms with Crippen LogP contribution in [0.3, 0.4) is 0 Å². The van der Waals surface area contributed by atoms with E-state index in [2.05, 4.69) is 9.97 Å². The second-order valence-corrected chi connectivity index (χ2v) is 5.71. The quantitative estimate of drug-likeness (QED) is 0.772. The van der Waals surface area contributed by atoms with E-state index in [0.717, 1.165) is 16.9 Å². The van der Waals surface area contributed by atoms with Crippen molar-refractivity contribution in [3.05, 3.63) is 54.0 Å². The Morgan fingerprint density at radius 2 is 2.04 bits per heavy atom. The van der Waals surface area contributed by atoms with Crippen LogP contribution in [-0.2, 0) is 11.8 Å². The third-order valence-electron chi connectivity index (χ3n) is 4.07. The summed E-state index contributed by atoms with van der Waals surface area (Å²) < 4.78 is 1.95. The largest absolute Gasteiger partial charge is 0.481 e. The molecule has 25 heavy (non-hydrogen) atoms. The number of fused-ring (bicyclic) bond motifs is 1. The Morgan fingerprint density at radius 1 is 1.24 bits per heavy atom. The topological polar surface area (TPSA) is 88.3 Å². The van der Waals surface area contributed by atoms with Crippen LogP contribution in [0, 0.1) is 6.92 Å². The molecule has 0 unspecified atom stereocenters. The van der Waals surface area contributed by atoms with Crippen molar-refractivity contribution in [3.63, 3.8) is 0 Å². The highest BCUT2D eigenvalue weighted by Crippen LogP contribution is 2.20. The van der Waals surface area contributed by atoms with Crippen molar-refractivity contribution in [2.75, 3.05) is 11.4 Å². The van der Waals surface area contributed by atoms with E-state index in [1.54, 1.807) is 36.5 Å². The number of rotatable bonds is 5. The molecule has 1 amide bonds. The van der Waals surface area contributed by atoms with Crippen molar-refractivity contribution in [1.29, 1.82) is 0 Å². The van der Waals surface area contributed by atoms with Crippen molar-refractivity contribution >= 4 is 28.7 Å². The number of carboxylic acid groups (broad SMARTS) is 1. The van der Waals surface area contributed by atoms with Gasteiger partial charge in [0.2, 0.25) is 0 Å². The number of hydrogen-bond donors (Lipinski definition) is 1. The monoisotopic (exact) mass is 338 g/mol. The molecule has 2 heterocycles. The standard InChI is InChI=1S/C18H18N4O3/c1-12-20-14-11-13(6-7-15(14)21(12)2)18(25)22(10-8-17(23)24)16-5-3-4-9-19-16/h3-7,9,11H,8,10H2,1-2H3,(H,23,24). The highest BCUT2D eigenvalue weighted by Gasteiger charge is 2.20. The van der Waals surface area contributed by atoms with E-state index in [1.165, 1.54) is 4.90 Å². The average molecular weight is 338 g/mol. The molecule has 1 N–H and O–H groups in total. The molecule has 128 valence electrons. The fourth-order valence-corrected chi connectivity index (χ4v) is 2.65. The fourth-order valence-electron chi connectivity index (χ4n) is 2.65. The summed E-state index contributed by atoms with van der Waals surface area (Å²) in [4.78, 5) is 33.9. The van der Waals surface area contributed by atoms with Crippen LogP contribution >= 0.6 is 0 Å². The molecular weight excluding hydrogens is 320 g/mol. The van der Waals surface area contributed by atoms with Crippen LogP contribution in [0.1, 0.15) is 22.6 Å². The molecule has 2 aromatic heterocycles. The minimum atomic E-state index is -0.968. The molecular formula is C18H18N4O3. The lowest BCUT2D eigenvalue weighted by Gasteiger charge is -2.21. The van der Waals surface area contributed by atoms with Gasteiger partial charge in [-0.1, -0.05) is 6.07 Å². The van der Waals surface area contributed by atoms with Gasteiger partial charge in [-0.05, 0) is 37.3 Å². The number of anilines is 1. The number of aliphatic carboxylic acids is 1. The molecule has 0 atom stereocenters. The van der Waals surface area contributed by atoms with E-state index in [-0.39, 0.29) is 18.9 Å². The van der Waals surface area contributed by atoms with Crippen LogP contribution in [0.25, 0.3) is 11.0 Å². The van der Waals surface area contributed by atoms with E-state index in [1.807, 2.05) is 24.6 Å². The highest BCUT2D eigenvalue weighted by molar-refractivity contribution is 6.07. The fraction of sp³-hybridized carbons (Fsp3) is 0.222. The lowest BCUT2D eigenvalue weighted by atomic mass is 10.1. The van der Waals surface area contributed by atoms with E-state index in [0.29, 0.717) is 11.4 Å². The molecule has 0 spiro atoms. The van der Waals surface area contributed by atoms with Crippen molar-refractivity contribution in [2.45, 2.75) is 13.3 Å². The number of nitrogens with zero attached hydrogens (tertiary/aromatic N) is 4. The van der Waals surface area contributed by atoms with Crippen LogP contribution in [-0.4, -0.2) is 38.1 Å². The molecule has 3 rings (SSSR count). The zero-order valence-corrected chi connectivity index (χ0v) is 14.0. The van der Waals surface area contributed by atoms with E-state index >= 15 is 0 Å². The number of hydrogen-bond acceptors (Lipinski definition) is 4. The van der Waals surface area contributed by atoms with Gasteiger partial charge in [0.1, 0.15) is 11.6 Å². The van der Waals surface area contributed by atoms with Gasteiger partial charge in [0, 0.05) is 25.4 Å². The van der Waals surface area contributed by atoms with Gasteiger partial charge in [0.15, 0.2) is 0 Å². The first kappa shape index (κ1) is 16.6. The highest BCUT2D eigenvalue weighted by atomic mass is 16.4. The van der Waals surface area contributed by atoms with Crippen LogP contribution in [0.4, 0.5) is 5.82 Å². The molecule has 0 aliphatic heterocycles. The van der Waals surface area contributed by atoms with Crippen molar-refractivity contribution < 1.29 is 14.7 Å². The maximum absolute atomic E-state index is 13.0. The van der Waals surface area contributed by atoms with Crippen LogP contribution in [0.5, 0.6) is 0 Å². The van der Waals surface area contributed by atoms with Crippen molar-refractivity contribution in [2.24, 2.45) is 7.05 Å². The molecule has 0 saturated heterocycles. The molecule has 3 aromatic rings. The molecule has 0 saturated carbocycles. The zero-order valence-electron chi connectivity index (χ0n) is 14.0. The number of pyridine rings is 1. The summed E-state index contributed by atoms with van der Waals surface area (Å²) in [5.74, 6) is 0.00722. The zero-order chi connectivity index (χ0) is 18.0. The number of carbonyl (C=O) groups is 2. The van der Waals surface area contributed by atoms with Crippen molar-refractivity contribution in [3.8, 4) is 0 Å². The summed E-state index contributed by atoms with van der Waals surface area (Å²) in [6, 6.07) is 10.5. The summed E-state index contributed by atoms with van der Waals surface area (Å²) in [5, 5.41) is 8.97. The normalized spacial score (nSPS) is 10.8. The summed E-state index contributed by atoms with van der Waals surface area (Å²) in [6.07, 6.45) is 1.41. The number of benzene rings is 1. The number of imidazole rings is 1. The number of carbonyl (C=O) groups excluding carboxylic acids is 1. The van der Waals surface area contributed by atoms with Crippen LogP contribution in [0.15, 0.2) is 42.6 Å². The number of carboxylic acids is 1. The lowest BCUT2D eigenvalue weighted by Crippen LogP contribution is -2.33. The first-order chi connectivity index (χ1) is 12.0. The number of amides is 1. The summed E-state index contributed by atoms with van der Waals surface area (Å²) in [6.45, 7) is 1.94. The molecule has 0 bridgehead atoms. The minimum Gasteiger partial charge on any atom is -0.481 e. The molecule has 0 fully saturated rings.